The highest BCUT2D eigenvalue weighted by atomic mass is 32.2. The third-order valence-electron chi connectivity index (χ3n) is 4.96. The Bertz CT molecular complexity index is 1060. The molecule has 0 saturated carbocycles. The number of carbonyl (C=O) groups is 2. The van der Waals surface area contributed by atoms with Gasteiger partial charge in [-0.05, 0) is 30.0 Å². The van der Waals surface area contributed by atoms with Crippen molar-refractivity contribution in [1.29, 1.82) is 0 Å². The molecule has 9 heteroatoms. The van der Waals surface area contributed by atoms with Crippen molar-refractivity contribution in [3.05, 3.63) is 53.6 Å². The van der Waals surface area contributed by atoms with E-state index in [0.717, 1.165) is 22.2 Å². The van der Waals surface area contributed by atoms with Crippen LogP contribution in [0.25, 0.3) is 10.2 Å². The van der Waals surface area contributed by atoms with Crippen molar-refractivity contribution in [3.63, 3.8) is 0 Å². The lowest BCUT2D eigenvalue weighted by atomic mass is 10.1. The minimum Gasteiger partial charge on any atom is -0.494 e. The van der Waals surface area contributed by atoms with E-state index in [4.69, 9.17) is 9.47 Å². The second-order valence-corrected chi connectivity index (χ2v) is 9.34. The van der Waals surface area contributed by atoms with Crippen LogP contribution in [0.1, 0.15) is 17.5 Å². The lowest BCUT2D eigenvalue weighted by Crippen LogP contribution is -2.28. The fourth-order valence-corrected chi connectivity index (χ4v) is 4.96. The van der Waals surface area contributed by atoms with Crippen molar-refractivity contribution < 1.29 is 19.1 Å². The van der Waals surface area contributed by atoms with Gasteiger partial charge < -0.3 is 20.1 Å². The van der Waals surface area contributed by atoms with Gasteiger partial charge in [0.15, 0.2) is 0 Å². The van der Waals surface area contributed by atoms with Crippen molar-refractivity contribution in [2.75, 3.05) is 38.8 Å². The van der Waals surface area contributed by atoms with Gasteiger partial charge in [-0.15, -0.1) is 0 Å². The van der Waals surface area contributed by atoms with Gasteiger partial charge in [-0.3, -0.25) is 9.59 Å². The number of hydrogen-bond donors (Lipinski definition) is 2. The molecule has 1 heterocycles. The average Bonchev–Trinajstić information content (AvgIpc) is 3.28. The Labute approximate surface area is 202 Å². The normalized spacial score (nSPS) is 10.7. The number of thioether (sulfide) groups is 1. The second kappa shape index (κ2) is 13.1. The Balaban J connectivity index is 1.32. The minimum absolute atomic E-state index is 0.000141. The number of carbonyl (C=O) groups excluding carboxylic acids is 2. The fraction of sp³-hybridized carbons (Fsp3) is 0.375. The van der Waals surface area contributed by atoms with E-state index >= 15 is 0 Å². The average molecular weight is 488 g/mol. The molecule has 0 bridgehead atoms. The van der Waals surface area contributed by atoms with Crippen LogP contribution in [0.5, 0.6) is 10.9 Å². The Morgan fingerprint density at radius 3 is 2.48 bits per heavy atom. The molecule has 33 heavy (non-hydrogen) atoms. The van der Waals surface area contributed by atoms with E-state index in [1.54, 1.807) is 14.2 Å². The Morgan fingerprint density at radius 1 is 0.970 bits per heavy atom. The first-order valence-corrected chi connectivity index (χ1v) is 12.7. The molecule has 0 spiro atoms. The number of nitrogens with zero attached hydrogens (tertiary/aromatic N) is 1. The summed E-state index contributed by atoms with van der Waals surface area (Å²) in [4.78, 5) is 28.5. The summed E-state index contributed by atoms with van der Waals surface area (Å²) >= 11 is 2.94. The summed E-state index contributed by atoms with van der Waals surface area (Å²) in [6.07, 6.45) is 1.89. The zero-order valence-corrected chi connectivity index (χ0v) is 20.5. The number of hydrogen-bond acceptors (Lipinski definition) is 7. The molecular formula is C24H29N3O4S2. The Hall–Kier alpha value is -2.78. The maximum atomic E-state index is 12.1. The number of ether oxygens (including phenoxy) is 2. The molecule has 0 saturated heterocycles. The fourth-order valence-electron chi connectivity index (χ4n) is 3.26. The van der Waals surface area contributed by atoms with Crippen molar-refractivity contribution >= 4 is 45.1 Å². The number of rotatable bonds is 13. The number of amides is 2. The minimum atomic E-state index is -0.0152. The molecule has 7 nitrogen and oxygen atoms in total. The molecule has 3 aromatic rings. The standard InChI is InChI=1S/C24H29N3O4S2/c1-30-19-9-8-18(23-22(19)27-24(31-2)33-23)11-14-25-20(28)12-15-32-16-21(29)26-13-10-17-6-4-3-5-7-17/h3-9H,10-16H2,1-2H3,(H,25,28)(H,26,29). The first-order valence-electron chi connectivity index (χ1n) is 10.8. The SMILES string of the molecule is COc1nc2c(OC)ccc(CCNC(=O)CCSCC(=O)NCCc3ccccc3)c2s1. The van der Waals surface area contributed by atoms with Crippen molar-refractivity contribution in [2.24, 2.45) is 0 Å². The molecule has 0 aliphatic heterocycles. The molecular weight excluding hydrogens is 458 g/mol. The van der Waals surface area contributed by atoms with Gasteiger partial charge in [-0.25, -0.2) is 0 Å². The third-order valence-corrected chi connectivity index (χ3v) is 7.02. The van der Waals surface area contributed by atoms with Crippen LogP contribution in [-0.4, -0.2) is 55.6 Å². The molecule has 0 aliphatic rings. The number of nitrogens with one attached hydrogen (secondary N) is 2. The molecule has 2 N–H and O–H groups in total. The molecule has 0 fully saturated rings. The first-order chi connectivity index (χ1) is 16.1. The van der Waals surface area contributed by atoms with Crippen molar-refractivity contribution in [3.8, 4) is 10.9 Å². The number of methoxy groups -OCH3 is 2. The molecule has 0 aliphatic carbocycles. The molecule has 0 atom stereocenters. The van der Waals surface area contributed by atoms with Crippen LogP contribution in [0.15, 0.2) is 42.5 Å². The van der Waals surface area contributed by atoms with E-state index in [-0.39, 0.29) is 11.8 Å². The highest BCUT2D eigenvalue weighted by Crippen LogP contribution is 2.36. The van der Waals surface area contributed by atoms with Gasteiger partial charge >= 0.3 is 0 Å². The highest BCUT2D eigenvalue weighted by Gasteiger charge is 2.13. The third kappa shape index (κ3) is 7.64. The van der Waals surface area contributed by atoms with Crippen LogP contribution in [-0.2, 0) is 22.4 Å². The number of benzene rings is 2. The van der Waals surface area contributed by atoms with Gasteiger partial charge in [0.05, 0.1) is 24.7 Å². The molecule has 3 rings (SSSR count). The first kappa shape index (κ1) is 24.9. The summed E-state index contributed by atoms with van der Waals surface area (Å²) in [6, 6.07) is 13.9. The highest BCUT2D eigenvalue weighted by molar-refractivity contribution is 7.99. The van der Waals surface area contributed by atoms with E-state index in [1.807, 2.05) is 42.5 Å². The predicted octanol–water partition coefficient (Wildman–Crippen LogP) is 3.45. The quantitative estimate of drug-likeness (QED) is 0.359. The summed E-state index contributed by atoms with van der Waals surface area (Å²) in [7, 11) is 3.21. The maximum absolute atomic E-state index is 12.1. The smallest absolute Gasteiger partial charge is 0.274 e. The zero-order chi connectivity index (χ0) is 23.5. The number of thiazole rings is 1. The van der Waals surface area contributed by atoms with E-state index in [2.05, 4.69) is 15.6 Å². The molecule has 1 aromatic heterocycles. The van der Waals surface area contributed by atoms with Crippen LogP contribution >= 0.6 is 23.1 Å². The van der Waals surface area contributed by atoms with Gasteiger partial charge in [-0.1, -0.05) is 47.7 Å². The summed E-state index contributed by atoms with van der Waals surface area (Å²) in [6.45, 7) is 1.15. The lowest BCUT2D eigenvalue weighted by molar-refractivity contribution is -0.121. The number of fused-ring (bicyclic) bond motifs is 1. The van der Waals surface area contributed by atoms with Crippen molar-refractivity contribution in [1.82, 2.24) is 15.6 Å². The molecule has 0 unspecified atom stereocenters. The molecule has 2 amide bonds. The topological polar surface area (TPSA) is 89.6 Å². The molecule has 176 valence electrons. The Morgan fingerprint density at radius 2 is 1.73 bits per heavy atom. The van der Waals surface area contributed by atoms with Crippen LogP contribution in [0, 0.1) is 0 Å². The predicted molar refractivity (Wildman–Crippen MR) is 135 cm³/mol. The van der Waals surface area contributed by atoms with E-state index in [1.165, 1.54) is 28.7 Å². The second-order valence-electron chi connectivity index (χ2n) is 7.28. The largest absolute Gasteiger partial charge is 0.494 e. The van der Waals surface area contributed by atoms with Gasteiger partial charge in [0.25, 0.3) is 5.19 Å². The van der Waals surface area contributed by atoms with Gasteiger partial charge in [0.1, 0.15) is 11.3 Å². The summed E-state index contributed by atoms with van der Waals surface area (Å²) in [5.41, 5.74) is 3.07. The van der Waals surface area contributed by atoms with Crippen LogP contribution < -0.4 is 20.1 Å². The van der Waals surface area contributed by atoms with Gasteiger partial charge in [0.2, 0.25) is 11.8 Å². The molecule has 0 radical (unpaired) electrons. The van der Waals surface area contributed by atoms with Crippen LogP contribution in [0.3, 0.4) is 0 Å². The summed E-state index contributed by atoms with van der Waals surface area (Å²) < 4.78 is 11.7. The lowest BCUT2D eigenvalue weighted by Gasteiger charge is -2.08. The van der Waals surface area contributed by atoms with E-state index < -0.39 is 0 Å². The summed E-state index contributed by atoms with van der Waals surface area (Å²) in [5.74, 6) is 1.66. The maximum Gasteiger partial charge on any atom is 0.274 e. The zero-order valence-electron chi connectivity index (χ0n) is 18.9. The molecule has 2 aromatic carbocycles. The van der Waals surface area contributed by atoms with Crippen LogP contribution in [0.4, 0.5) is 0 Å². The summed E-state index contributed by atoms with van der Waals surface area (Å²) in [5, 5.41) is 6.46. The van der Waals surface area contributed by atoms with Crippen LogP contribution in [0.2, 0.25) is 0 Å². The van der Waals surface area contributed by atoms with Gasteiger partial charge in [0, 0.05) is 25.3 Å². The number of aromatic nitrogens is 1. The Kier molecular flexibility index (Phi) is 9.83. The van der Waals surface area contributed by atoms with Crippen molar-refractivity contribution in [2.45, 2.75) is 19.3 Å². The van der Waals surface area contributed by atoms with Gasteiger partial charge in [-0.2, -0.15) is 16.7 Å². The monoisotopic (exact) mass is 487 g/mol. The van der Waals surface area contributed by atoms with E-state index in [0.29, 0.717) is 48.4 Å². The van der Waals surface area contributed by atoms with E-state index in [9.17, 15) is 9.59 Å².